The SMILES string of the molecule is CC(C)(C)OC(=O)N1CCN(c2cccc(NCc3cccc(F)c3)c2C#N)CC1. The normalized spacial score (nSPS) is 14.2. The first kappa shape index (κ1) is 21.4. The molecule has 1 saturated heterocycles. The van der Waals surface area contributed by atoms with Crippen LogP contribution in [0.25, 0.3) is 0 Å². The summed E-state index contributed by atoms with van der Waals surface area (Å²) in [4.78, 5) is 16.1. The number of halogens is 1. The molecule has 0 unspecified atom stereocenters. The number of carbonyl (C=O) groups is 1. The highest BCUT2D eigenvalue weighted by atomic mass is 19.1. The number of carbonyl (C=O) groups excluding carboxylic acids is 1. The fourth-order valence-electron chi connectivity index (χ4n) is 3.37. The van der Waals surface area contributed by atoms with E-state index in [1.165, 1.54) is 12.1 Å². The van der Waals surface area contributed by atoms with Gasteiger partial charge in [0.15, 0.2) is 0 Å². The molecule has 0 aliphatic carbocycles. The molecule has 1 aliphatic rings. The predicted molar refractivity (Wildman–Crippen MR) is 115 cm³/mol. The van der Waals surface area contributed by atoms with Crippen molar-refractivity contribution in [1.29, 1.82) is 5.26 Å². The maximum Gasteiger partial charge on any atom is 0.410 e. The molecule has 0 saturated carbocycles. The molecule has 0 atom stereocenters. The van der Waals surface area contributed by atoms with Gasteiger partial charge in [0.2, 0.25) is 0 Å². The number of rotatable bonds is 4. The molecule has 1 aliphatic heterocycles. The number of ether oxygens (including phenoxy) is 1. The lowest BCUT2D eigenvalue weighted by Gasteiger charge is -2.37. The summed E-state index contributed by atoms with van der Waals surface area (Å²) in [5, 5.41) is 13.0. The Morgan fingerprint density at radius 3 is 2.50 bits per heavy atom. The van der Waals surface area contributed by atoms with Crippen molar-refractivity contribution in [3.8, 4) is 6.07 Å². The van der Waals surface area contributed by atoms with Gasteiger partial charge in [-0.2, -0.15) is 5.26 Å². The summed E-state index contributed by atoms with van der Waals surface area (Å²) >= 11 is 0. The van der Waals surface area contributed by atoms with E-state index < -0.39 is 5.60 Å². The van der Waals surface area contributed by atoms with E-state index in [1.54, 1.807) is 11.0 Å². The van der Waals surface area contributed by atoms with Crippen LogP contribution in [0.15, 0.2) is 42.5 Å². The minimum atomic E-state index is -0.524. The Morgan fingerprint density at radius 1 is 1.17 bits per heavy atom. The largest absolute Gasteiger partial charge is 0.444 e. The summed E-state index contributed by atoms with van der Waals surface area (Å²) in [5.41, 5.74) is 2.35. The average Bonchev–Trinajstić information content (AvgIpc) is 2.71. The van der Waals surface area contributed by atoms with Crippen molar-refractivity contribution in [2.75, 3.05) is 36.4 Å². The van der Waals surface area contributed by atoms with Crippen LogP contribution in [-0.4, -0.2) is 42.8 Å². The summed E-state index contributed by atoms with van der Waals surface area (Å²) in [6, 6.07) is 14.3. The van der Waals surface area contributed by atoms with Gasteiger partial charge in [0.25, 0.3) is 0 Å². The van der Waals surface area contributed by atoms with Crippen molar-refractivity contribution in [2.24, 2.45) is 0 Å². The molecule has 3 rings (SSSR count). The van der Waals surface area contributed by atoms with E-state index in [4.69, 9.17) is 4.74 Å². The fraction of sp³-hybridized carbons (Fsp3) is 0.391. The molecule has 0 spiro atoms. The van der Waals surface area contributed by atoms with Crippen LogP contribution in [0.1, 0.15) is 31.9 Å². The topological polar surface area (TPSA) is 68.6 Å². The van der Waals surface area contributed by atoms with E-state index in [1.807, 2.05) is 45.0 Å². The monoisotopic (exact) mass is 410 g/mol. The maximum atomic E-state index is 13.4. The van der Waals surface area contributed by atoms with Crippen molar-refractivity contribution < 1.29 is 13.9 Å². The minimum absolute atomic E-state index is 0.286. The number of hydrogen-bond donors (Lipinski definition) is 1. The van der Waals surface area contributed by atoms with Gasteiger partial charge in [0.1, 0.15) is 17.5 Å². The third-order valence-electron chi connectivity index (χ3n) is 4.80. The molecule has 2 aromatic carbocycles. The molecule has 1 heterocycles. The zero-order valence-electron chi connectivity index (χ0n) is 17.6. The van der Waals surface area contributed by atoms with Crippen molar-refractivity contribution in [3.63, 3.8) is 0 Å². The Balaban J connectivity index is 1.68. The molecule has 6 nitrogen and oxygen atoms in total. The molecule has 30 heavy (non-hydrogen) atoms. The van der Waals surface area contributed by atoms with Crippen LogP contribution in [0.3, 0.4) is 0 Å². The number of hydrogen-bond acceptors (Lipinski definition) is 5. The summed E-state index contributed by atoms with van der Waals surface area (Å²) in [7, 11) is 0. The Hall–Kier alpha value is -3.27. The first-order valence-electron chi connectivity index (χ1n) is 10.0. The smallest absolute Gasteiger partial charge is 0.410 e. The second-order valence-corrected chi connectivity index (χ2v) is 8.25. The molecule has 1 fully saturated rings. The highest BCUT2D eigenvalue weighted by Crippen LogP contribution is 2.28. The van der Waals surface area contributed by atoms with Gasteiger partial charge >= 0.3 is 6.09 Å². The van der Waals surface area contributed by atoms with E-state index in [0.29, 0.717) is 44.0 Å². The molecule has 0 radical (unpaired) electrons. The van der Waals surface area contributed by atoms with Crippen LogP contribution in [0.2, 0.25) is 0 Å². The third kappa shape index (κ3) is 5.41. The predicted octanol–water partition coefficient (Wildman–Crippen LogP) is 4.37. The lowest BCUT2D eigenvalue weighted by molar-refractivity contribution is 0.0240. The lowest BCUT2D eigenvalue weighted by atomic mass is 10.1. The van der Waals surface area contributed by atoms with E-state index in [-0.39, 0.29) is 11.9 Å². The summed E-state index contributed by atoms with van der Waals surface area (Å²) in [6.07, 6.45) is -0.312. The van der Waals surface area contributed by atoms with Gasteiger partial charge in [-0.1, -0.05) is 18.2 Å². The number of nitriles is 1. The molecule has 2 aromatic rings. The van der Waals surface area contributed by atoms with Crippen molar-refractivity contribution in [3.05, 3.63) is 59.4 Å². The van der Waals surface area contributed by atoms with Crippen molar-refractivity contribution in [1.82, 2.24) is 4.90 Å². The van der Waals surface area contributed by atoms with E-state index in [0.717, 1.165) is 11.3 Å². The Morgan fingerprint density at radius 2 is 1.87 bits per heavy atom. The number of benzene rings is 2. The van der Waals surface area contributed by atoms with Crippen LogP contribution >= 0.6 is 0 Å². The first-order valence-corrected chi connectivity index (χ1v) is 10.0. The van der Waals surface area contributed by atoms with Crippen LogP contribution in [-0.2, 0) is 11.3 Å². The standard InChI is InChI=1S/C23H27FN4O2/c1-23(2,3)30-22(29)28-12-10-27(11-13-28)21-9-5-8-20(19(21)15-25)26-16-17-6-4-7-18(24)14-17/h4-9,14,26H,10-13,16H2,1-3H3. The van der Waals surface area contributed by atoms with Gasteiger partial charge < -0.3 is 19.9 Å². The van der Waals surface area contributed by atoms with Crippen LogP contribution < -0.4 is 10.2 Å². The van der Waals surface area contributed by atoms with Gasteiger partial charge in [0, 0.05) is 32.7 Å². The van der Waals surface area contributed by atoms with Crippen molar-refractivity contribution >= 4 is 17.5 Å². The van der Waals surface area contributed by atoms with Crippen molar-refractivity contribution in [2.45, 2.75) is 32.9 Å². The number of anilines is 2. The quantitative estimate of drug-likeness (QED) is 0.811. The molecule has 0 aromatic heterocycles. The van der Waals surface area contributed by atoms with Gasteiger partial charge in [0.05, 0.1) is 16.9 Å². The number of nitrogens with one attached hydrogen (secondary N) is 1. The number of piperazine rings is 1. The van der Waals surface area contributed by atoms with E-state index in [2.05, 4.69) is 16.3 Å². The number of nitrogens with zero attached hydrogens (tertiary/aromatic N) is 3. The second kappa shape index (κ2) is 9.04. The van der Waals surface area contributed by atoms with Gasteiger partial charge in [-0.3, -0.25) is 0 Å². The Labute approximate surface area is 176 Å². The maximum absolute atomic E-state index is 13.4. The highest BCUT2D eigenvalue weighted by molar-refractivity contribution is 5.73. The van der Waals surface area contributed by atoms with Crippen LogP contribution in [0.5, 0.6) is 0 Å². The number of amides is 1. The second-order valence-electron chi connectivity index (χ2n) is 8.25. The van der Waals surface area contributed by atoms with Crippen LogP contribution in [0, 0.1) is 17.1 Å². The van der Waals surface area contributed by atoms with Gasteiger partial charge in [-0.15, -0.1) is 0 Å². The minimum Gasteiger partial charge on any atom is -0.444 e. The summed E-state index contributed by atoms with van der Waals surface area (Å²) in [5.74, 6) is -0.286. The van der Waals surface area contributed by atoms with Gasteiger partial charge in [-0.25, -0.2) is 9.18 Å². The Kier molecular flexibility index (Phi) is 6.46. The average molecular weight is 410 g/mol. The fourth-order valence-corrected chi connectivity index (χ4v) is 3.37. The molecule has 1 N–H and O–H groups in total. The molecular formula is C23H27FN4O2. The lowest BCUT2D eigenvalue weighted by Crippen LogP contribution is -2.50. The molecule has 0 bridgehead atoms. The summed E-state index contributed by atoms with van der Waals surface area (Å²) in [6.45, 7) is 8.25. The summed E-state index contributed by atoms with van der Waals surface area (Å²) < 4.78 is 18.8. The van der Waals surface area contributed by atoms with Crippen LogP contribution in [0.4, 0.5) is 20.6 Å². The first-order chi connectivity index (χ1) is 14.3. The molecule has 7 heteroatoms. The Bertz CT molecular complexity index is 941. The van der Waals surface area contributed by atoms with E-state index in [9.17, 15) is 14.4 Å². The van der Waals surface area contributed by atoms with Gasteiger partial charge in [-0.05, 0) is 50.6 Å². The zero-order chi connectivity index (χ0) is 21.7. The van der Waals surface area contributed by atoms with E-state index >= 15 is 0 Å². The third-order valence-corrected chi connectivity index (χ3v) is 4.80. The zero-order valence-corrected chi connectivity index (χ0v) is 17.6. The molecule has 1 amide bonds. The molecular weight excluding hydrogens is 383 g/mol. The molecule has 158 valence electrons. The highest BCUT2D eigenvalue weighted by Gasteiger charge is 2.27.